The van der Waals surface area contributed by atoms with E-state index in [-0.39, 0.29) is 26.2 Å². The van der Waals surface area contributed by atoms with Crippen LogP contribution in [-0.2, 0) is 14.3 Å². The SMILES string of the molecule is CC(C)(C)OC(=O)N(C(=O)OC(C)(C)C)c1c(F)ccc(NC(=O)c2cc(NC(=O)[C@H]3C(c4ccc(F)c(Cl)c4)C3(Cl)Cl)ccc2Cl)c1F. The number of imide groups is 1. The van der Waals surface area contributed by atoms with E-state index in [1.165, 1.54) is 71.9 Å². The number of ether oxygens (including phenoxy) is 2. The van der Waals surface area contributed by atoms with Crippen LogP contribution < -0.4 is 15.5 Å². The minimum atomic E-state index is -1.54. The lowest BCUT2D eigenvalue weighted by Gasteiger charge is -2.29. The molecule has 9 nitrogen and oxygen atoms in total. The molecule has 49 heavy (non-hydrogen) atoms. The van der Waals surface area contributed by atoms with Gasteiger partial charge in [0, 0.05) is 11.6 Å². The molecule has 1 unspecified atom stereocenters. The molecule has 1 aliphatic rings. The molecular formula is C33H30Cl4F3N3O6. The number of hydrogen-bond acceptors (Lipinski definition) is 6. The molecule has 16 heteroatoms. The predicted molar refractivity (Wildman–Crippen MR) is 181 cm³/mol. The molecule has 0 radical (unpaired) electrons. The molecule has 3 aromatic carbocycles. The number of benzene rings is 3. The average molecular weight is 763 g/mol. The largest absolute Gasteiger partial charge is 0.443 e. The molecule has 1 aliphatic carbocycles. The lowest BCUT2D eigenvalue weighted by molar-refractivity contribution is -0.117. The van der Waals surface area contributed by atoms with E-state index in [2.05, 4.69) is 10.6 Å². The first-order valence-electron chi connectivity index (χ1n) is 14.5. The number of nitrogens with one attached hydrogen (secondary N) is 2. The number of rotatable bonds is 6. The third kappa shape index (κ3) is 8.72. The summed E-state index contributed by atoms with van der Waals surface area (Å²) < 4.78 is 53.6. The maximum absolute atomic E-state index is 15.9. The van der Waals surface area contributed by atoms with Gasteiger partial charge in [-0.1, -0.05) is 29.3 Å². The van der Waals surface area contributed by atoms with Crippen LogP contribution in [-0.4, -0.2) is 39.5 Å². The van der Waals surface area contributed by atoms with E-state index >= 15 is 8.78 Å². The number of alkyl halides is 2. The number of anilines is 3. The molecule has 3 aromatic rings. The van der Waals surface area contributed by atoms with Gasteiger partial charge in [-0.15, -0.1) is 23.2 Å². The minimum Gasteiger partial charge on any atom is -0.443 e. The summed E-state index contributed by atoms with van der Waals surface area (Å²) in [4.78, 5) is 52.6. The Morgan fingerprint density at radius 1 is 0.776 bits per heavy atom. The van der Waals surface area contributed by atoms with Crippen LogP contribution in [0.15, 0.2) is 48.5 Å². The maximum Gasteiger partial charge on any atom is 0.424 e. The molecule has 4 amide bonds. The summed E-state index contributed by atoms with van der Waals surface area (Å²) >= 11 is 24.9. The van der Waals surface area contributed by atoms with Crippen molar-refractivity contribution in [2.75, 3.05) is 15.5 Å². The highest BCUT2D eigenvalue weighted by molar-refractivity contribution is 6.53. The van der Waals surface area contributed by atoms with Crippen molar-refractivity contribution in [1.82, 2.24) is 0 Å². The van der Waals surface area contributed by atoms with Crippen LogP contribution in [0, 0.1) is 23.4 Å². The Morgan fingerprint density at radius 3 is 1.90 bits per heavy atom. The van der Waals surface area contributed by atoms with Crippen LogP contribution in [0.4, 0.5) is 39.8 Å². The molecule has 0 bridgehead atoms. The van der Waals surface area contributed by atoms with E-state index in [0.29, 0.717) is 5.56 Å². The molecule has 4 rings (SSSR count). The Balaban J connectivity index is 1.60. The van der Waals surface area contributed by atoms with Crippen LogP contribution in [0.1, 0.15) is 63.4 Å². The van der Waals surface area contributed by atoms with Gasteiger partial charge in [0.15, 0.2) is 11.6 Å². The molecule has 262 valence electrons. The smallest absolute Gasteiger partial charge is 0.424 e. The fraction of sp³-hybridized carbons (Fsp3) is 0.333. The quantitative estimate of drug-likeness (QED) is 0.242. The molecule has 1 saturated carbocycles. The molecular weight excluding hydrogens is 733 g/mol. The molecule has 0 heterocycles. The lowest BCUT2D eigenvalue weighted by atomic mass is 10.1. The van der Waals surface area contributed by atoms with Gasteiger partial charge >= 0.3 is 12.2 Å². The van der Waals surface area contributed by atoms with Gasteiger partial charge in [0.05, 0.1) is 27.2 Å². The Hall–Kier alpha value is -3.71. The first-order valence-corrected chi connectivity index (χ1v) is 16.0. The van der Waals surface area contributed by atoms with Crippen LogP contribution in [0.3, 0.4) is 0 Å². The summed E-state index contributed by atoms with van der Waals surface area (Å²) in [6, 6.07) is 9.28. The molecule has 1 fully saturated rings. The van der Waals surface area contributed by atoms with Gasteiger partial charge in [-0.25, -0.2) is 22.8 Å². The number of carbonyl (C=O) groups is 4. The van der Waals surface area contributed by atoms with Crippen molar-refractivity contribution < 1.29 is 41.8 Å². The number of nitrogens with zero attached hydrogens (tertiary/aromatic N) is 1. The summed E-state index contributed by atoms with van der Waals surface area (Å²) in [6.07, 6.45) is -2.87. The molecule has 2 N–H and O–H groups in total. The van der Waals surface area contributed by atoms with Gasteiger partial charge in [-0.05, 0) is 89.6 Å². The summed E-state index contributed by atoms with van der Waals surface area (Å²) in [6.45, 7) is 8.88. The van der Waals surface area contributed by atoms with E-state index in [1.54, 1.807) is 0 Å². The summed E-state index contributed by atoms with van der Waals surface area (Å²) in [5.74, 6) is -6.85. The van der Waals surface area contributed by atoms with Crippen LogP contribution in [0.2, 0.25) is 10.0 Å². The normalized spacial score (nSPS) is 16.8. The summed E-state index contributed by atoms with van der Waals surface area (Å²) in [5, 5.41) is 4.54. The second-order valence-corrected chi connectivity index (χ2v) is 15.3. The first-order chi connectivity index (χ1) is 22.5. The molecule has 0 saturated heterocycles. The third-order valence-corrected chi connectivity index (χ3v) is 8.37. The van der Waals surface area contributed by atoms with E-state index in [9.17, 15) is 23.6 Å². The van der Waals surface area contributed by atoms with Crippen molar-refractivity contribution in [2.24, 2.45) is 5.92 Å². The molecule has 0 spiro atoms. The van der Waals surface area contributed by atoms with Crippen LogP contribution in [0.25, 0.3) is 0 Å². The fourth-order valence-electron chi connectivity index (χ4n) is 4.67. The highest BCUT2D eigenvalue weighted by atomic mass is 35.5. The van der Waals surface area contributed by atoms with E-state index in [1.807, 2.05) is 0 Å². The monoisotopic (exact) mass is 761 g/mol. The lowest BCUT2D eigenvalue weighted by Crippen LogP contribution is -2.44. The highest BCUT2D eigenvalue weighted by Crippen LogP contribution is 2.65. The summed E-state index contributed by atoms with van der Waals surface area (Å²) in [5.41, 5.74) is -3.88. The highest BCUT2D eigenvalue weighted by Gasteiger charge is 2.67. The molecule has 2 atom stereocenters. The van der Waals surface area contributed by atoms with Crippen molar-refractivity contribution in [3.8, 4) is 0 Å². The Labute approximate surface area is 299 Å². The van der Waals surface area contributed by atoms with Gasteiger partial charge in [-0.3, -0.25) is 9.59 Å². The van der Waals surface area contributed by atoms with E-state index in [0.717, 1.165) is 18.2 Å². The zero-order chi connectivity index (χ0) is 36.8. The number of hydrogen-bond donors (Lipinski definition) is 2. The zero-order valence-electron chi connectivity index (χ0n) is 26.8. The number of halogens is 7. The van der Waals surface area contributed by atoms with Crippen molar-refractivity contribution in [1.29, 1.82) is 0 Å². The van der Waals surface area contributed by atoms with Crippen molar-refractivity contribution >= 4 is 87.5 Å². The number of amides is 4. The van der Waals surface area contributed by atoms with Crippen molar-refractivity contribution in [2.45, 2.75) is 63.0 Å². The van der Waals surface area contributed by atoms with Gasteiger partial charge in [-0.2, -0.15) is 4.90 Å². The topological polar surface area (TPSA) is 114 Å². The van der Waals surface area contributed by atoms with Gasteiger partial charge in [0.2, 0.25) is 5.91 Å². The second-order valence-electron chi connectivity index (χ2n) is 13.0. The minimum absolute atomic E-state index is 0.0543. The third-order valence-electron chi connectivity index (χ3n) is 6.81. The average Bonchev–Trinajstić information content (AvgIpc) is 3.54. The van der Waals surface area contributed by atoms with Gasteiger partial charge < -0.3 is 20.1 Å². The van der Waals surface area contributed by atoms with Crippen molar-refractivity contribution in [3.63, 3.8) is 0 Å². The Kier molecular flexibility index (Phi) is 10.8. The maximum atomic E-state index is 15.9. The summed E-state index contributed by atoms with van der Waals surface area (Å²) in [7, 11) is 0. The van der Waals surface area contributed by atoms with Crippen LogP contribution in [0.5, 0.6) is 0 Å². The Bertz CT molecular complexity index is 1820. The van der Waals surface area contributed by atoms with Gasteiger partial charge in [0.1, 0.15) is 27.0 Å². The number of carbonyl (C=O) groups excluding carboxylic acids is 4. The standard InChI is InChI=1S/C33H30Cl4F3N3O6/c1-31(2,3)48-29(46)43(30(47)49-32(4,5)6)26-21(39)11-12-22(25(26)40)42-27(44)17-14-16(8-9-18(17)34)41-28(45)24-23(33(24,36)37)15-7-10-20(38)19(35)13-15/h7-14,23-24H,1-6H3,(H,41,45)(H,42,44)/t23?,24-/m1/s1. The predicted octanol–water partition coefficient (Wildman–Crippen LogP) is 9.87. The molecule has 0 aliphatic heterocycles. The van der Waals surface area contributed by atoms with E-state index in [4.69, 9.17) is 55.9 Å². The first kappa shape index (κ1) is 38.1. The van der Waals surface area contributed by atoms with Crippen LogP contribution >= 0.6 is 46.4 Å². The van der Waals surface area contributed by atoms with Crippen molar-refractivity contribution in [3.05, 3.63) is 87.2 Å². The Morgan fingerprint density at radius 2 is 1.35 bits per heavy atom. The molecule has 0 aromatic heterocycles. The van der Waals surface area contributed by atoms with Gasteiger partial charge in [0.25, 0.3) is 5.91 Å². The fourth-order valence-corrected chi connectivity index (χ4v) is 5.90. The zero-order valence-corrected chi connectivity index (χ0v) is 29.8. The second kappa shape index (κ2) is 13.9. The van der Waals surface area contributed by atoms with E-state index < -0.39 is 80.2 Å².